The van der Waals surface area contributed by atoms with Crippen LogP contribution < -0.4 is 5.56 Å². The second-order valence-electron chi connectivity index (χ2n) is 3.23. The Morgan fingerprint density at radius 3 is 2.88 bits per heavy atom. The van der Waals surface area contributed by atoms with E-state index in [0.29, 0.717) is 22.7 Å². The minimum absolute atomic E-state index is 0.236. The van der Waals surface area contributed by atoms with Gasteiger partial charge >= 0.3 is 0 Å². The van der Waals surface area contributed by atoms with Crippen LogP contribution in [0.2, 0.25) is 0 Å². The summed E-state index contributed by atoms with van der Waals surface area (Å²) in [7, 11) is 0. The maximum atomic E-state index is 11.4. The molecule has 6 nitrogen and oxygen atoms in total. The van der Waals surface area contributed by atoms with Crippen molar-refractivity contribution < 1.29 is 0 Å². The molecule has 0 spiro atoms. The summed E-state index contributed by atoms with van der Waals surface area (Å²) in [6.07, 6.45) is 2.99. The van der Waals surface area contributed by atoms with Gasteiger partial charge in [0, 0.05) is 6.20 Å². The quantitative estimate of drug-likeness (QED) is 0.623. The van der Waals surface area contributed by atoms with Gasteiger partial charge in [0.2, 0.25) is 0 Å². The Balaban J connectivity index is 2.28. The first kappa shape index (κ1) is 8.78. The van der Waals surface area contributed by atoms with Crippen molar-refractivity contribution in [1.82, 2.24) is 24.9 Å². The van der Waals surface area contributed by atoms with Crippen molar-refractivity contribution in [2.45, 2.75) is 0 Å². The monoisotopic (exact) mass is 213 g/mol. The van der Waals surface area contributed by atoms with Crippen molar-refractivity contribution in [3.05, 3.63) is 41.1 Å². The first-order valence-electron chi connectivity index (χ1n) is 4.69. The van der Waals surface area contributed by atoms with Crippen LogP contribution in [0.4, 0.5) is 0 Å². The van der Waals surface area contributed by atoms with Crippen molar-refractivity contribution in [3.63, 3.8) is 0 Å². The van der Waals surface area contributed by atoms with E-state index in [1.807, 2.05) is 18.2 Å². The van der Waals surface area contributed by atoms with Gasteiger partial charge in [-0.1, -0.05) is 6.07 Å². The Labute approximate surface area is 89.4 Å². The van der Waals surface area contributed by atoms with E-state index in [1.165, 1.54) is 6.33 Å². The van der Waals surface area contributed by atoms with Crippen LogP contribution in [0.25, 0.3) is 22.7 Å². The fourth-order valence-corrected chi connectivity index (χ4v) is 1.46. The SMILES string of the molecule is O=c1[nH]cnc2nc(-c3ccccn3)[nH]c12. The molecule has 2 N–H and O–H groups in total. The van der Waals surface area contributed by atoms with Crippen LogP contribution in [0.3, 0.4) is 0 Å². The normalized spacial score (nSPS) is 10.8. The van der Waals surface area contributed by atoms with Crippen molar-refractivity contribution in [3.8, 4) is 11.5 Å². The van der Waals surface area contributed by atoms with Crippen LogP contribution in [0.5, 0.6) is 0 Å². The van der Waals surface area contributed by atoms with Crippen molar-refractivity contribution in [1.29, 1.82) is 0 Å². The average Bonchev–Trinajstić information content (AvgIpc) is 2.76. The molecule has 0 atom stereocenters. The molecule has 0 aliphatic heterocycles. The molecule has 0 unspecified atom stereocenters. The number of nitrogens with one attached hydrogen (secondary N) is 2. The Kier molecular flexibility index (Phi) is 1.79. The summed E-state index contributed by atoms with van der Waals surface area (Å²) in [5.41, 5.74) is 1.20. The van der Waals surface area contributed by atoms with Crippen LogP contribution >= 0.6 is 0 Å². The number of hydrogen-bond donors (Lipinski definition) is 2. The number of pyridine rings is 1. The molecule has 3 rings (SSSR count). The van der Waals surface area contributed by atoms with Crippen LogP contribution in [0.1, 0.15) is 0 Å². The fraction of sp³-hybridized carbons (Fsp3) is 0. The number of nitrogens with zero attached hydrogens (tertiary/aromatic N) is 3. The summed E-state index contributed by atoms with van der Waals surface area (Å²) in [5.74, 6) is 0.541. The summed E-state index contributed by atoms with van der Waals surface area (Å²) >= 11 is 0. The van der Waals surface area contributed by atoms with Crippen molar-refractivity contribution >= 4 is 11.2 Å². The third-order valence-corrected chi connectivity index (χ3v) is 2.20. The zero-order chi connectivity index (χ0) is 11.0. The lowest BCUT2D eigenvalue weighted by Crippen LogP contribution is -2.05. The molecule has 3 aromatic heterocycles. The highest BCUT2D eigenvalue weighted by atomic mass is 16.1. The predicted molar refractivity (Wildman–Crippen MR) is 57.7 cm³/mol. The van der Waals surface area contributed by atoms with Gasteiger partial charge in [0.25, 0.3) is 5.56 Å². The molecule has 3 aromatic rings. The Hall–Kier alpha value is -2.50. The maximum absolute atomic E-state index is 11.4. The average molecular weight is 213 g/mol. The molecule has 0 aliphatic carbocycles. The summed E-state index contributed by atoms with van der Waals surface area (Å²) in [5, 5.41) is 0. The molecule has 3 heterocycles. The summed E-state index contributed by atoms with van der Waals surface area (Å²) in [6, 6.07) is 5.48. The first-order chi connectivity index (χ1) is 7.84. The fourth-order valence-electron chi connectivity index (χ4n) is 1.46. The maximum Gasteiger partial charge on any atom is 0.276 e. The lowest BCUT2D eigenvalue weighted by molar-refractivity contribution is 1.15. The van der Waals surface area contributed by atoms with Gasteiger partial charge in [-0.15, -0.1) is 0 Å². The van der Waals surface area contributed by atoms with Gasteiger partial charge in [0.1, 0.15) is 5.69 Å². The Bertz CT molecular complexity index is 685. The number of hydrogen-bond acceptors (Lipinski definition) is 4. The molecule has 0 bridgehead atoms. The molecule has 0 saturated heterocycles. The molecule has 6 heteroatoms. The number of aromatic nitrogens is 5. The second-order valence-corrected chi connectivity index (χ2v) is 3.23. The van der Waals surface area contributed by atoms with Gasteiger partial charge in [-0.25, -0.2) is 9.97 Å². The van der Waals surface area contributed by atoms with Crippen LogP contribution in [-0.4, -0.2) is 24.9 Å². The van der Waals surface area contributed by atoms with Gasteiger partial charge < -0.3 is 9.97 Å². The molecular formula is C10H7N5O. The molecule has 78 valence electrons. The number of fused-ring (bicyclic) bond motifs is 1. The van der Waals surface area contributed by atoms with E-state index in [1.54, 1.807) is 6.20 Å². The number of rotatable bonds is 1. The molecule has 0 aliphatic rings. The topological polar surface area (TPSA) is 87.3 Å². The predicted octanol–water partition coefficient (Wildman–Crippen LogP) is 0.708. The molecule has 0 fully saturated rings. The summed E-state index contributed by atoms with van der Waals surface area (Å²) in [4.78, 5) is 29.1. The van der Waals surface area contributed by atoms with E-state index in [9.17, 15) is 4.79 Å². The number of aromatic amines is 2. The second kappa shape index (κ2) is 3.27. The smallest absolute Gasteiger partial charge is 0.276 e. The highest BCUT2D eigenvalue weighted by molar-refractivity contribution is 5.73. The van der Waals surface area contributed by atoms with Crippen molar-refractivity contribution in [2.75, 3.05) is 0 Å². The largest absolute Gasteiger partial charge is 0.331 e. The zero-order valence-corrected chi connectivity index (χ0v) is 8.14. The van der Waals surface area contributed by atoms with Crippen LogP contribution in [-0.2, 0) is 0 Å². The van der Waals surface area contributed by atoms with Gasteiger partial charge in [0.05, 0.1) is 6.33 Å². The first-order valence-corrected chi connectivity index (χ1v) is 4.69. The van der Waals surface area contributed by atoms with Gasteiger partial charge in [-0.3, -0.25) is 9.78 Å². The van der Waals surface area contributed by atoms with Crippen molar-refractivity contribution in [2.24, 2.45) is 0 Å². The van der Waals surface area contributed by atoms with E-state index in [4.69, 9.17) is 0 Å². The van der Waals surface area contributed by atoms with Crippen LogP contribution in [0.15, 0.2) is 35.5 Å². The van der Waals surface area contributed by atoms with Gasteiger partial charge in [0.15, 0.2) is 17.0 Å². The zero-order valence-electron chi connectivity index (χ0n) is 8.14. The molecule has 16 heavy (non-hydrogen) atoms. The third kappa shape index (κ3) is 1.28. The minimum atomic E-state index is -0.236. The van der Waals surface area contributed by atoms with E-state index in [0.717, 1.165) is 0 Å². The Morgan fingerprint density at radius 2 is 2.12 bits per heavy atom. The Morgan fingerprint density at radius 1 is 1.19 bits per heavy atom. The molecule has 0 amide bonds. The third-order valence-electron chi connectivity index (χ3n) is 2.20. The molecule has 0 aromatic carbocycles. The van der Waals surface area contributed by atoms with Crippen LogP contribution in [0, 0.1) is 0 Å². The highest BCUT2D eigenvalue weighted by Gasteiger charge is 2.08. The lowest BCUT2D eigenvalue weighted by atomic mass is 10.3. The van der Waals surface area contributed by atoms with E-state index in [-0.39, 0.29) is 5.56 Å². The van der Waals surface area contributed by atoms with Gasteiger partial charge in [-0.05, 0) is 12.1 Å². The molecule has 0 radical (unpaired) electrons. The summed E-state index contributed by atoms with van der Waals surface area (Å²) < 4.78 is 0. The molecular weight excluding hydrogens is 206 g/mol. The van der Waals surface area contributed by atoms with E-state index in [2.05, 4.69) is 24.9 Å². The van der Waals surface area contributed by atoms with E-state index >= 15 is 0 Å². The number of H-pyrrole nitrogens is 2. The van der Waals surface area contributed by atoms with E-state index < -0.39 is 0 Å². The van der Waals surface area contributed by atoms with Gasteiger partial charge in [-0.2, -0.15) is 0 Å². The minimum Gasteiger partial charge on any atom is -0.331 e. The summed E-state index contributed by atoms with van der Waals surface area (Å²) in [6.45, 7) is 0. The lowest BCUT2D eigenvalue weighted by Gasteiger charge is -1.91. The standard InChI is InChI=1S/C10H7N5O/c16-10-7-9(12-5-13-10)15-8(14-7)6-3-1-2-4-11-6/h1-5H,(H2,12,13,14,15,16). The number of imidazole rings is 1. The highest BCUT2D eigenvalue weighted by Crippen LogP contribution is 2.13. The molecule has 0 saturated carbocycles.